The van der Waals surface area contributed by atoms with Crippen LogP contribution in [-0.4, -0.2) is 11.7 Å². The first-order valence-corrected chi connectivity index (χ1v) is 8.24. The summed E-state index contributed by atoms with van der Waals surface area (Å²) in [5.74, 6) is -0.0120. The van der Waals surface area contributed by atoms with Crippen molar-refractivity contribution in [2.75, 3.05) is 6.61 Å². The van der Waals surface area contributed by atoms with Crippen LogP contribution >= 0.6 is 0 Å². The van der Waals surface area contributed by atoms with Crippen molar-refractivity contribution < 1.29 is 9.50 Å². The highest BCUT2D eigenvalue weighted by Crippen LogP contribution is 2.70. The van der Waals surface area contributed by atoms with Crippen LogP contribution in [0.25, 0.3) is 0 Å². The van der Waals surface area contributed by atoms with Crippen molar-refractivity contribution in [1.29, 1.82) is 0 Å². The average molecular weight is 318 g/mol. The molecule has 1 nitrogen and oxygen atoms in total. The monoisotopic (exact) mass is 318 g/mol. The summed E-state index contributed by atoms with van der Waals surface area (Å²) in [6, 6.07) is 27.1. The van der Waals surface area contributed by atoms with Crippen LogP contribution in [0.5, 0.6) is 0 Å². The second-order valence-electron chi connectivity index (χ2n) is 6.49. The molecule has 0 unspecified atom stereocenters. The van der Waals surface area contributed by atoms with Gasteiger partial charge in [-0.15, -0.1) is 0 Å². The number of halogens is 1. The van der Waals surface area contributed by atoms with Gasteiger partial charge in [0.25, 0.3) is 0 Å². The summed E-state index contributed by atoms with van der Waals surface area (Å²) < 4.78 is 13.8. The molecule has 24 heavy (non-hydrogen) atoms. The van der Waals surface area contributed by atoms with Gasteiger partial charge in [0, 0.05) is 17.3 Å². The third kappa shape index (κ3) is 2.26. The molecular formula is C22H19FO. The Morgan fingerprint density at radius 3 is 1.96 bits per heavy atom. The van der Waals surface area contributed by atoms with Crippen molar-refractivity contribution in [3.8, 4) is 0 Å². The molecule has 0 amide bonds. The molecule has 0 saturated heterocycles. The van der Waals surface area contributed by atoms with Crippen LogP contribution in [-0.2, 0) is 5.41 Å². The Labute approximate surface area is 141 Å². The summed E-state index contributed by atoms with van der Waals surface area (Å²) in [5.41, 5.74) is 2.85. The molecule has 0 spiro atoms. The molecule has 4 rings (SSSR count). The largest absolute Gasteiger partial charge is 0.395 e. The lowest BCUT2D eigenvalue weighted by Gasteiger charge is -2.16. The van der Waals surface area contributed by atoms with Gasteiger partial charge in [0.1, 0.15) is 5.82 Å². The number of aliphatic hydroxyl groups is 1. The second-order valence-corrected chi connectivity index (χ2v) is 6.49. The summed E-state index contributed by atoms with van der Waals surface area (Å²) in [6.07, 6.45) is 0. The van der Waals surface area contributed by atoms with E-state index < -0.39 is 5.41 Å². The quantitative estimate of drug-likeness (QED) is 0.743. The highest BCUT2D eigenvalue weighted by Gasteiger charge is 2.65. The molecule has 0 heterocycles. The first kappa shape index (κ1) is 15.1. The van der Waals surface area contributed by atoms with E-state index in [1.165, 1.54) is 11.6 Å². The van der Waals surface area contributed by atoms with E-state index in [2.05, 4.69) is 24.3 Å². The van der Waals surface area contributed by atoms with Crippen LogP contribution in [0.4, 0.5) is 4.39 Å². The number of rotatable bonds is 4. The first-order valence-electron chi connectivity index (χ1n) is 8.24. The number of hydrogen-bond acceptors (Lipinski definition) is 1. The molecule has 0 aromatic heterocycles. The SMILES string of the molecule is OC[C@]1(c2ccccc2)[C@@H](c2ccccc2)[C@@H]1c1cccc(F)c1. The average Bonchev–Trinajstić information content (AvgIpc) is 3.34. The van der Waals surface area contributed by atoms with Crippen LogP contribution in [0.2, 0.25) is 0 Å². The maximum atomic E-state index is 13.8. The van der Waals surface area contributed by atoms with Crippen molar-refractivity contribution in [1.82, 2.24) is 0 Å². The van der Waals surface area contributed by atoms with Crippen LogP contribution in [0.3, 0.4) is 0 Å². The van der Waals surface area contributed by atoms with Crippen molar-refractivity contribution in [3.63, 3.8) is 0 Å². The Morgan fingerprint density at radius 2 is 1.33 bits per heavy atom. The van der Waals surface area contributed by atoms with E-state index in [0.717, 1.165) is 11.1 Å². The van der Waals surface area contributed by atoms with Crippen LogP contribution < -0.4 is 0 Å². The maximum absolute atomic E-state index is 13.8. The summed E-state index contributed by atoms with van der Waals surface area (Å²) in [4.78, 5) is 0. The lowest BCUT2D eigenvalue weighted by molar-refractivity contribution is 0.248. The number of aliphatic hydroxyl groups excluding tert-OH is 1. The molecule has 1 aliphatic rings. The highest BCUT2D eigenvalue weighted by molar-refractivity contribution is 5.54. The van der Waals surface area contributed by atoms with Gasteiger partial charge in [0.2, 0.25) is 0 Å². The van der Waals surface area contributed by atoms with Gasteiger partial charge in [-0.05, 0) is 28.8 Å². The van der Waals surface area contributed by atoms with Gasteiger partial charge in [-0.3, -0.25) is 0 Å². The zero-order valence-corrected chi connectivity index (χ0v) is 13.3. The van der Waals surface area contributed by atoms with E-state index in [0.29, 0.717) is 0 Å². The zero-order valence-electron chi connectivity index (χ0n) is 13.3. The third-order valence-corrected chi connectivity index (χ3v) is 5.27. The molecule has 1 N–H and O–H groups in total. The fourth-order valence-corrected chi connectivity index (χ4v) is 4.18. The van der Waals surface area contributed by atoms with E-state index in [1.807, 2.05) is 42.5 Å². The molecule has 1 saturated carbocycles. The van der Waals surface area contributed by atoms with E-state index in [1.54, 1.807) is 12.1 Å². The summed E-state index contributed by atoms with van der Waals surface area (Å²) in [5, 5.41) is 10.3. The minimum Gasteiger partial charge on any atom is -0.395 e. The second kappa shape index (κ2) is 5.88. The van der Waals surface area contributed by atoms with Gasteiger partial charge in [-0.2, -0.15) is 0 Å². The lowest BCUT2D eigenvalue weighted by Crippen LogP contribution is -2.17. The Balaban J connectivity index is 1.86. The Kier molecular flexibility index (Phi) is 3.70. The molecular weight excluding hydrogens is 299 g/mol. The van der Waals surface area contributed by atoms with Gasteiger partial charge in [0.15, 0.2) is 0 Å². The molecule has 3 aromatic rings. The summed E-state index contributed by atoms with van der Waals surface area (Å²) in [7, 11) is 0. The first-order chi connectivity index (χ1) is 11.8. The topological polar surface area (TPSA) is 20.2 Å². The number of benzene rings is 3. The van der Waals surface area contributed by atoms with Gasteiger partial charge in [0.05, 0.1) is 6.61 Å². The molecule has 0 aliphatic heterocycles. The minimum atomic E-state index is -0.392. The minimum absolute atomic E-state index is 0.0394. The van der Waals surface area contributed by atoms with Crippen LogP contribution in [0.15, 0.2) is 84.9 Å². The normalized spacial score (nSPS) is 25.4. The van der Waals surface area contributed by atoms with E-state index in [-0.39, 0.29) is 24.3 Å². The van der Waals surface area contributed by atoms with Crippen LogP contribution in [0.1, 0.15) is 28.5 Å². The fourth-order valence-electron chi connectivity index (χ4n) is 4.18. The smallest absolute Gasteiger partial charge is 0.123 e. The van der Waals surface area contributed by atoms with E-state index in [9.17, 15) is 9.50 Å². The molecule has 1 aliphatic carbocycles. The van der Waals surface area contributed by atoms with Crippen molar-refractivity contribution in [2.24, 2.45) is 0 Å². The van der Waals surface area contributed by atoms with Gasteiger partial charge in [-0.1, -0.05) is 72.8 Å². The maximum Gasteiger partial charge on any atom is 0.123 e. The molecule has 0 bridgehead atoms. The number of hydrogen-bond donors (Lipinski definition) is 1. The van der Waals surface area contributed by atoms with Gasteiger partial charge >= 0.3 is 0 Å². The van der Waals surface area contributed by atoms with Crippen LogP contribution in [0, 0.1) is 5.82 Å². The lowest BCUT2D eigenvalue weighted by atomic mass is 9.89. The molecule has 0 radical (unpaired) electrons. The molecule has 3 aromatic carbocycles. The Hall–Kier alpha value is -2.45. The van der Waals surface area contributed by atoms with E-state index >= 15 is 0 Å². The molecule has 1 fully saturated rings. The van der Waals surface area contributed by atoms with Gasteiger partial charge in [-0.25, -0.2) is 4.39 Å². The van der Waals surface area contributed by atoms with E-state index in [4.69, 9.17) is 0 Å². The summed E-state index contributed by atoms with van der Waals surface area (Å²) >= 11 is 0. The van der Waals surface area contributed by atoms with Crippen molar-refractivity contribution >= 4 is 0 Å². The third-order valence-electron chi connectivity index (χ3n) is 5.27. The zero-order chi connectivity index (χ0) is 16.6. The predicted octanol–water partition coefficient (Wildman–Crippen LogP) is 4.64. The Morgan fingerprint density at radius 1 is 0.750 bits per heavy atom. The Bertz CT molecular complexity index is 831. The van der Waals surface area contributed by atoms with Crippen molar-refractivity contribution in [2.45, 2.75) is 17.3 Å². The fraction of sp³-hybridized carbons (Fsp3) is 0.182. The standard InChI is InChI=1S/C22H19FO/c23-19-13-7-10-17(14-19)21-20(16-8-3-1-4-9-16)22(21,15-24)18-11-5-2-6-12-18/h1-14,20-21,24H,15H2/t20-,21-,22-/m0/s1. The van der Waals surface area contributed by atoms with Gasteiger partial charge < -0.3 is 5.11 Å². The summed E-state index contributed by atoms with van der Waals surface area (Å²) in [6.45, 7) is 0.0394. The molecule has 120 valence electrons. The molecule has 3 atom stereocenters. The molecule has 2 heteroatoms. The van der Waals surface area contributed by atoms with Crippen molar-refractivity contribution in [3.05, 3.63) is 107 Å². The predicted molar refractivity (Wildman–Crippen MR) is 93.5 cm³/mol. The highest BCUT2D eigenvalue weighted by atomic mass is 19.1.